The lowest BCUT2D eigenvalue weighted by Crippen LogP contribution is -1.97. The van der Waals surface area contributed by atoms with Gasteiger partial charge in [-0.15, -0.1) is 0 Å². The normalized spacial score (nSPS) is 10.7. The first kappa shape index (κ1) is 17.0. The number of carbonyl (C=O) groups is 1. The second-order valence-corrected chi connectivity index (χ2v) is 5.45. The number of nitro groups is 1. The van der Waals surface area contributed by atoms with Crippen molar-refractivity contribution in [1.82, 2.24) is 0 Å². The Labute approximate surface area is 142 Å². The van der Waals surface area contributed by atoms with Crippen molar-refractivity contribution in [2.45, 2.75) is 0 Å². The molecule has 7 heteroatoms. The zero-order chi connectivity index (χ0) is 17.0. The summed E-state index contributed by atoms with van der Waals surface area (Å²) in [6.45, 7) is 0. The van der Waals surface area contributed by atoms with E-state index < -0.39 is 4.92 Å². The first-order valence-electron chi connectivity index (χ1n) is 6.56. The van der Waals surface area contributed by atoms with E-state index in [-0.39, 0.29) is 17.0 Å². The molecule has 118 valence electrons. The van der Waals surface area contributed by atoms with Gasteiger partial charge >= 0.3 is 0 Å². The quantitative estimate of drug-likeness (QED) is 0.362. The van der Waals surface area contributed by atoms with Gasteiger partial charge in [-0.3, -0.25) is 14.9 Å². The largest absolute Gasteiger partial charge is 0.383 e. The Kier molecular flexibility index (Phi) is 5.36. The monoisotopic (exact) mass is 350 g/mol. The molecule has 0 aliphatic carbocycles. The molecule has 0 atom stereocenters. The smallest absolute Gasteiger partial charge is 0.292 e. The Morgan fingerprint density at radius 3 is 2.61 bits per heavy atom. The van der Waals surface area contributed by atoms with E-state index in [2.05, 4.69) is 5.32 Å². The van der Waals surface area contributed by atoms with Crippen LogP contribution in [0.15, 0.2) is 42.5 Å². The number of hydrogen-bond donors (Lipinski definition) is 1. The molecule has 0 aromatic heterocycles. The lowest BCUT2D eigenvalue weighted by atomic mass is 10.1. The zero-order valence-corrected chi connectivity index (χ0v) is 13.6. The third kappa shape index (κ3) is 4.09. The molecule has 0 amide bonds. The number of halogens is 2. The molecule has 0 saturated heterocycles. The highest BCUT2D eigenvalue weighted by atomic mass is 35.5. The van der Waals surface area contributed by atoms with Crippen LogP contribution >= 0.6 is 23.2 Å². The second-order valence-electron chi connectivity index (χ2n) is 4.61. The van der Waals surface area contributed by atoms with E-state index in [1.807, 2.05) is 0 Å². The predicted octanol–water partition coefficient (Wildman–Crippen LogP) is 4.84. The Balaban J connectivity index is 2.29. The predicted molar refractivity (Wildman–Crippen MR) is 92.5 cm³/mol. The number of carbonyl (C=O) groups excluding carboxylic acids is 1. The van der Waals surface area contributed by atoms with E-state index in [4.69, 9.17) is 23.2 Å². The van der Waals surface area contributed by atoms with Gasteiger partial charge in [0.25, 0.3) is 5.69 Å². The summed E-state index contributed by atoms with van der Waals surface area (Å²) in [5.41, 5.74) is 1.14. The van der Waals surface area contributed by atoms with Crippen LogP contribution in [0.4, 0.5) is 11.4 Å². The summed E-state index contributed by atoms with van der Waals surface area (Å²) in [6, 6.07) is 9.23. The van der Waals surface area contributed by atoms with Crippen molar-refractivity contribution >= 4 is 46.4 Å². The molecule has 2 rings (SSSR count). The van der Waals surface area contributed by atoms with E-state index in [1.54, 1.807) is 25.2 Å². The lowest BCUT2D eigenvalue weighted by Gasteiger charge is -2.03. The van der Waals surface area contributed by atoms with Crippen LogP contribution in [0.1, 0.15) is 15.9 Å². The van der Waals surface area contributed by atoms with Crippen LogP contribution in [0.25, 0.3) is 6.08 Å². The van der Waals surface area contributed by atoms with Gasteiger partial charge in [-0.2, -0.15) is 0 Å². The molecule has 0 bridgehead atoms. The number of ketones is 1. The Morgan fingerprint density at radius 1 is 1.22 bits per heavy atom. The van der Waals surface area contributed by atoms with E-state index in [0.29, 0.717) is 21.3 Å². The minimum atomic E-state index is -0.487. The number of nitrogens with one attached hydrogen (secondary N) is 1. The molecule has 0 spiro atoms. The van der Waals surface area contributed by atoms with Gasteiger partial charge in [-0.05, 0) is 35.9 Å². The van der Waals surface area contributed by atoms with Crippen molar-refractivity contribution in [1.29, 1.82) is 0 Å². The molecule has 2 aromatic rings. The molecular formula is C16H12Cl2N2O3. The number of allylic oxidation sites excluding steroid dienone is 1. The van der Waals surface area contributed by atoms with E-state index >= 15 is 0 Å². The highest BCUT2D eigenvalue weighted by Crippen LogP contribution is 2.26. The van der Waals surface area contributed by atoms with Gasteiger partial charge in [0.1, 0.15) is 5.69 Å². The molecule has 0 radical (unpaired) electrons. The van der Waals surface area contributed by atoms with E-state index in [0.717, 1.165) is 0 Å². The first-order valence-corrected chi connectivity index (χ1v) is 7.31. The fourth-order valence-electron chi connectivity index (χ4n) is 1.96. The van der Waals surface area contributed by atoms with Gasteiger partial charge in [-0.1, -0.05) is 35.3 Å². The summed E-state index contributed by atoms with van der Waals surface area (Å²) < 4.78 is 0. The zero-order valence-electron chi connectivity index (χ0n) is 12.0. The summed E-state index contributed by atoms with van der Waals surface area (Å²) >= 11 is 11.8. The van der Waals surface area contributed by atoms with Crippen molar-refractivity contribution in [3.63, 3.8) is 0 Å². The standard InChI is InChI=1S/C16H12Cl2N2O3/c1-19-14-6-2-10(8-15(14)20(22)23)3-7-16(21)12-9-11(17)4-5-13(12)18/h2-9,19H,1H3/b7-3+. The van der Waals surface area contributed by atoms with Crippen LogP contribution < -0.4 is 5.32 Å². The van der Waals surface area contributed by atoms with Crippen molar-refractivity contribution in [2.75, 3.05) is 12.4 Å². The van der Waals surface area contributed by atoms with Crippen molar-refractivity contribution in [3.05, 3.63) is 73.8 Å². The van der Waals surface area contributed by atoms with Gasteiger partial charge in [-0.25, -0.2) is 0 Å². The average molecular weight is 351 g/mol. The molecule has 0 heterocycles. The van der Waals surface area contributed by atoms with Crippen molar-refractivity contribution in [2.24, 2.45) is 0 Å². The van der Waals surface area contributed by atoms with Crippen LogP contribution in [0, 0.1) is 10.1 Å². The van der Waals surface area contributed by atoms with Crippen molar-refractivity contribution < 1.29 is 9.72 Å². The van der Waals surface area contributed by atoms with Gasteiger partial charge in [0.15, 0.2) is 5.78 Å². The van der Waals surface area contributed by atoms with Gasteiger partial charge in [0, 0.05) is 23.7 Å². The minimum Gasteiger partial charge on any atom is -0.383 e. The third-order valence-corrected chi connectivity index (χ3v) is 3.67. The molecule has 0 fully saturated rings. The maximum Gasteiger partial charge on any atom is 0.292 e. The minimum absolute atomic E-state index is 0.0668. The fourth-order valence-corrected chi connectivity index (χ4v) is 2.35. The second kappa shape index (κ2) is 7.26. The van der Waals surface area contributed by atoms with E-state index in [9.17, 15) is 14.9 Å². The number of rotatable bonds is 5. The Morgan fingerprint density at radius 2 is 1.96 bits per heavy atom. The van der Waals surface area contributed by atoms with Crippen LogP contribution in [0.3, 0.4) is 0 Å². The summed E-state index contributed by atoms with van der Waals surface area (Å²) in [6.07, 6.45) is 2.79. The number of nitrogens with zero attached hydrogens (tertiary/aromatic N) is 1. The van der Waals surface area contributed by atoms with E-state index in [1.165, 1.54) is 30.4 Å². The molecule has 2 aromatic carbocycles. The summed E-state index contributed by atoms with van der Waals surface area (Å²) in [4.78, 5) is 22.7. The van der Waals surface area contributed by atoms with Crippen LogP contribution in [0.5, 0.6) is 0 Å². The molecule has 1 N–H and O–H groups in total. The van der Waals surface area contributed by atoms with Crippen LogP contribution in [-0.2, 0) is 0 Å². The molecule has 0 unspecified atom stereocenters. The number of nitro benzene ring substituents is 1. The lowest BCUT2D eigenvalue weighted by molar-refractivity contribution is -0.383. The molecule has 0 saturated carbocycles. The van der Waals surface area contributed by atoms with Gasteiger partial charge in [0.05, 0.1) is 9.95 Å². The average Bonchev–Trinajstić information content (AvgIpc) is 2.54. The summed E-state index contributed by atoms with van der Waals surface area (Å²) in [7, 11) is 1.60. The number of anilines is 1. The highest BCUT2D eigenvalue weighted by Gasteiger charge is 2.13. The SMILES string of the molecule is CNc1ccc(/C=C/C(=O)c2cc(Cl)ccc2Cl)cc1[N+](=O)[O-]. The molecular weight excluding hydrogens is 339 g/mol. The van der Waals surface area contributed by atoms with Crippen LogP contribution in [0.2, 0.25) is 10.0 Å². The maximum atomic E-state index is 12.2. The van der Waals surface area contributed by atoms with Crippen LogP contribution in [-0.4, -0.2) is 17.8 Å². The Hall–Kier alpha value is -2.37. The molecule has 5 nitrogen and oxygen atoms in total. The van der Waals surface area contributed by atoms with Gasteiger partial charge in [0.2, 0.25) is 0 Å². The summed E-state index contributed by atoms with van der Waals surface area (Å²) in [5, 5.41) is 14.5. The summed E-state index contributed by atoms with van der Waals surface area (Å²) in [5.74, 6) is -0.335. The fraction of sp³-hybridized carbons (Fsp3) is 0.0625. The molecule has 23 heavy (non-hydrogen) atoms. The molecule has 0 aliphatic heterocycles. The highest BCUT2D eigenvalue weighted by molar-refractivity contribution is 6.36. The number of hydrogen-bond acceptors (Lipinski definition) is 4. The topological polar surface area (TPSA) is 72.2 Å². The molecule has 0 aliphatic rings. The van der Waals surface area contributed by atoms with Crippen molar-refractivity contribution in [3.8, 4) is 0 Å². The number of benzene rings is 2. The maximum absolute atomic E-state index is 12.2. The third-order valence-electron chi connectivity index (χ3n) is 3.11. The first-order chi connectivity index (χ1) is 10.9. The Bertz CT molecular complexity index is 804. The van der Waals surface area contributed by atoms with Gasteiger partial charge < -0.3 is 5.32 Å².